The molecule has 2 fully saturated rings. The summed E-state index contributed by atoms with van der Waals surface area (Å²) in [7, 11) is 1.72. The summed E-state index contributed by atoms with van der Waals surface area (Å²) in [5, 5.41) is 9.06. The fourth-order valence-corrected chi connectivity index (χ4v) is 4.43. The highest BCUT2D eigenvalue weighted by molar-refractivity contribution is 6.35. The first kappa shape index (κ1) is 19.8. The number of aliphatic imine (C=N–C) groups is 1. The largest absolute Gasteiger partial charge is 0.401 e. The summed E-state index contributed by atoms with van der Waals surface area (Å²) < 4.78 is 1.91. The average molecular weight is 435 g/mol. The van der Waals surface area contributed by atoms with E-state index in [4.69, 9.17) is 17.3 Å². The molecule has 7 nitrogen and oxygen atoms in total. The van der Waals surface area contributed by atoms with Crippen LogP contribution in [-0.2, 0) is 4.79 Å². The molecule has 2 aliphatic rings. The fourth-order valence-electron chi connectivity index (χ4n) is 4.31. The smallest absolute Gasteiger partial charge is 0.262 e. The number of amides is 1. The Morgan fingerprint density at radius 3 is 2.55 bits per heavy atom. The van der Waals surface area contributed by atoms with Gasteiger partial charge >= 0.3 is 0 Å². The molecule has 1 saturated carbocycles. The molecule has 1 aliphatic heterocycles. The van der Waals surface area contributed by atoms with Crippen LogP contribution >= 0.6 is 11.6 Å². The van der Waals surface area contributed by atoms with Gasteiger partial charge in [-0.2, -0.15) is 0 Å². The van der Waals surface area contributed by atoms with Gasteiger partial charge in [0.25, 0.3) is 5.91 Å². The lowest BCUT2D eigenvalue weighted by molar-refractivity contribution is -0.114. The fraction of sp³-hybridized carbons (Fsp3) is 0.304. The van der Waals surface area contributed by atoms with Crippen LogP contribution in [0.15, 0.2) is 52.8 Å². The van der Waals surface area contributed by atoms with E-state index in [0.29, 0.717) is 22.0 Å². The van der Waals surface area contributed by atoms with E-state index >= 15 is 0 Å². The van der Waals surface area contributed by atoms with Gasteiger partial charge in [-0.15, -0.1) is 10.2 Å². The number of hydrogen-bond acceptors (Lipinski definition) is 5. The first-order chi connectivity index (χ1) is 14.9. The Labute approximate surface area is 185 Å². The highest BCUT2D eigenvalue weighted by Crippen LogP contribution is 2.43. The van der Waals surface area contributed by atoms with E-state index in [1.807, 2.05) is 54.8 Å². The lowest BCUT2D eigenvalue weighted by Crippen LogP contribution is -2.29. The Morgan fingerprint density at radius 2 is 1.90 bits per heavy atom. The van der Waals surface area contributed by atoms with Crippen LogP contribution in [0.2, 0.25) is 5.02 Å². The minimum Gasteiger partial charge on any atom is -0.401 e. The minimum absolute atomic E-state index is 0.130. The van der Waals surface area contributed by atoms with Crippen molar-refractivity contribution >= 4 is 34.6 Å². The Balaban J connectivity index is 1.75. The maximum absolute atomic E-state index is 13.8. The molecule has 0 spiro atoms. The summed E-state index contributed by atoms with van der Waals surface area (Å²) in [6.07, 6.45) is 3.92. The van der Waals surface area contributed by atoms with Crippen molar-refractivity contribution in [3.05, 3.63) is 69.8 Å². The molecule has 8 heteroatoms. The van der Waals surface area contributed by atoms with Crippen molar-refractivity contribution in [3.63, 3.8) is 0 Å². The van der Waals surface area contributed by atoms with E-state index in [1.165, 1.54) is 0 Å². The second kappa shape index (κ2) is 7.20. The molecule has 1 aromatic carbocycles. The number of hydrogen-bond donors (Lipinski definition) is 1. The molecule has 31 heavy (non-hydrogen) atoms. The van der Waals surface area contributed by atoms with E-state index in [-0.39, 0.29) is 11.8 Å². The molecule has 1 atom stereocenters. The molecule has 1 amide bonds. The quantitative estimate of drug-likeness (QED) is 0.635. The Morgan fingerprint density at radius 1 is 1.19 bits per heavy atom. The van der Waals surface area contributed by atoms with Gasteiger partial charge in [0.05, 0.1) is 17.0 Å². The zero-order valence-corrected chi connectivity index (χ0v) is 18.4. The lowest BCUT2D eigenvalue weighted by Gasteiger charge is -2.25. The average Bonchev–Trinajstić information content (AvgIpc) is 3.48. The van der Waals surface area contributed by atoms with Crippen LogP contribution < -0.4 is 10.6 Å². The number of aryl methyl sites for hydroxylation is 2. The number of aromatic nitrogens is 3. The molecule has 5 rings (SSSR count). The maximum atomic E-state index is 13.8. The first-order valence-electron chi connectivity index (χ1n) is 10.3. The standard InChI is InChI=1S/C23H23ClN6O/c1-12-10-17(11-29-13(2)27-28-22(12)29)30-21(15-6-8-16(24)9-7-15)20(26-3)18(23(30)31)19(25)14-4-5-14/h6-11,14,21H,4-5,25H2,1-3H3/b19-18+,26-20?. The number of carbonyl (C=O) groups excluding carboxylic acids is 1. The van der Waals surface area contributed by atoms with Crippen LogP contribution in [0.4, 0.5) is 5.69 Å². The summed E-state index contributed by atoms with van der Waals surface area (Å²) in [5.74, 6) is 0.882. The molecule has 2 N–H and O–H groups in total. The zero-order chi connectivity index (χ0) is 21.9. The van der Waals surface area contributed by atoms with Gasteiger partial charge in [-0.3, -0.25) is 19.1 Å². The van der Waals surface area contributed by atoms with Crippen LogP contribution in [0, 0.1) is 19.8 Å². The van der Waals surface area contributed by atoms with Gasteiger partial charge in [0.1, 0.15) is 11.9 Å². The van der Waals surface area contributed by atoms with Crippen LogP contribution in [0.5, 0.6) is 0 Å². The van der Waals surface area contributed by atoms with Gasteiger partial charge in [-0.25, -0.2) is 0 Å². The minimum atomic E-state index is -0.393. The molecule has 2 aromatic heterocycles. The molecular weight excluding hydrogens is 412 g/mol. The molecular formula is C23H23ClN6O. The van der Waals surface area contributed by atoms with Gasteiger partial charge in [0.2, 0.25) is 0 Å². The Hall–Kier alpha value is -3.19. The number of benzene rings is 1. The zero-order valence-electron chi connectivity index (χ0n) is 17.6. The van der Waals surface area contributed by atoms with E-state index in [1.54, 1.807) is 11.9 Å². The van der Waals surface area contributed by atoms with Crippen molar-refractivity contribution in [2.45, 2.75) is 32.7 Å². The number of pyridine rings is 1. The number of fused-ring (bicyclic) bond motifs is 1. The monoisotopic (exact) mass is 434 g/mol. The molecule has 0 radical (unpaired) electrons. The van der Waals surface area contributed by atoms with E-state index in [9.17, 15) is 4.79 Å². The second-order valence-electron chi connectivity index (χ2n) is 8.16. The predicted octanol–water partition coefficient (Wildman–Crippen LogP) is 3.78. The predicted molar refractivity (Wildman–Crippen MR) is 121 cm³/mol. The summed E-state index contributed by atoms with van der Waals surface area (Å²) >= 11 is 6.13. The topological polar surface area (TPSA) is 88.9 Å². The first-order valence-corrected chi connectivity index (χ1v) is 10.7. The summed E-state index contributed by atoms with van der Waals surface area (Å²) in [6, 6.07) is 9.10. The molecule has 3 aromatic rings. The van der Waals surface area contributed by atoms with Crippen molar-refractivity contribution in [3.8, 4) is 0 Å². The van der Waals surface area contributed by atoms with Gasteiger partial charge < -0.3 is 5.73 Å². The van der Waals surface area contributed by atoms with Gasteiger partial charge in [0.15, 0.2) is 5.65 Å². The third-order valence-corrected chi connectivity index (χ3v) is 6.31. The molecule has 3 heterocycles. The number of anilines is 1. The normalized spacial score (nSPS) is 22.1. The van der Waals surface area contributed by atoms with Crippen molar-refractivity contribution in [2.24, 2.45) is 16.6 Å². The highest BCUT2D eigenvalue weighted by atomic mass is 35.5. The summed E-state index contributed by atoms with van der Waals surface area (Å²) in [4.78, 5) is 20.1. The summed E-state index contributed by atoms with van der Waals surface area (Å²) in [6.45, 7) is 3.86. The second-order valence-corrected chi connectivity index (χ2v) is 8.60. The van der Waals surface area contributed by atoms with Crippen LogP contribution in [0.1, 0.15) is 35.8 Å². The number of nitrogens with two attached hydrogens (primary N) is 1. The Kier molecular flexibility index (Phi) is 4.59. The molecule has 158 valence electrons. The Bertz CT molecular complexity index is 1270. The third-order valence-electron chi connectivity index (χ3n) is 6.06. The number of carbonyl (C=O) groups is 1. The molecule has 1 unspecified atom stereocenters. The van der Waals surface area contributed by atoms with Gasteiger partial charge in [0, 0.05) is 24.0 Å². The SMILES string of the molecule is CN=C1/C(=C(\N)C2CC2)C(=O)N(c2cc(C)c3nnc(C)n3c2)C1c1ccc(Cl)cc1. The van der Waals surface area contributed by atoms with Crippen molar-refractivity contribution < 1.29 is 4.79 Å². The van der Waals surface area contributed by atoms with Gasteiger partial charge in [-0.1, -0.05) is 23.7 Å². The molecule has 1 aliphatic carbocycles. The van der Waals surface area contributed by atoms with Crippen LogP contribution in [0.3, 0.4) is 0 Å². The van der Waals surface area contributed by atoms with E-state index < -0.39 is 6.04 Å². The van der Waals surface area contributed by atoms with E-state index in [0.717, 1.165) is 41.1 Å². The van der Waals surface area contributed by atoms with Crippen LogP contribution in [-0.4, -0.2) is 33.3 Å². The third kappa shape index (κ3) is 3.11. The number of rotatable bonds is 3. The van der Waals surface area contributed by atoms with Crippen molar-refractivity contribution in [2.75, 3.05) is 11.9 Å². The molecule has 1 saturated heterocycles. The van der Waals surface area contributed by atoms with E-state index in [2.05, 4.69) is 15.2 Å². The van der Waals surface area contributed by atoms with Crippen molar-refractivity contribution in [1.29, 1.82) is 0 Å². The summed E-state index contributed by atoms with van der Waals surface area (Å²) in [5.41, 5.74) is 11.7. The number of halogens is 1. The highest BCUT2D eigenvalue weighted by Gasteiger charge is 2.46. The maximum Gasteiger partial charge on any atom is 0.262 e. The van der Waals surface area contributed by atoms with Gasteiger partial charge in [-0.05, 0) is 61.9 Å². The van der Waals surface area contributed by atoms with Crippen LogP contribution in [0.25, 0.3) is 5.65 Å². The molecule has 0 bridgehead atoms. The van der Waals surface area contributed by atoms with Crippen molar-refractivity contribution in [1.82, 2.24) is 14.6 Å². The number of nitrogens with zero attached hydrogens (tertiary/aromatic N) is 5. The number of allylic oxidation sites excluding steroid dienone is 1. The lowest BCUT2D eigenvalue weighted by atomic mass is 9.98.